The van der Waals surface area contributed by atoms with Crippen LogP contribution in [0.25, 0.3) is 12.2 Å². The number of hydrogen-bond acceptors (Lipinski definition) is 4. The van der Waals surface area contributed by atoms with E-state index in [1.165, 1.54) is 30.4 Å². The first-order valence-electron chi connectivity index (χ1n) is 6.51. The van der Waals surface area contributed by atoms with Crippen LogP contribution in [0.4, 0.5) is 0 Å². The van der Waals surface area contributed by atoms with Crippen LogP contribution in [0.15, 0.2) is 60.5 Å². The minimum atomic E-state index is -0.356. The van der Waals surface area contributed by atoms with E-state index in [1.54, 1.807) is 18.3 Å². The summed E-state index contributed by atoms with van der Waals surface area (Å²) in [5.41, 5.74) is 1.36. The van der Waals surface area contributed by atoms with E-state index in [1.807, 2.05) is 12.1 Å². The Balaban J connectivity index is 2.00. The van der Waals surface area contributed by atoms with Gasteiger partial charge in [-0.2, -0.15) is 0 Å². The topological polar surface area (TPSA) is 93.6 Å². The normalized spacial score (nSPS) is 12.3. The summed E-state index contributed by atoms with van der Waals surface area (Å²) in [6.45, 7) is 0. The van der Waals surface area contributed by atoms with Crippen molar-refractivity contribution in [3.8, 4) is 11.5 Å². The molecule has 0 saturated heterocycles. The van der Waals surface area contributed by atoms with Crippen molar-refractivity contribution in [1.29, 1.82) is 0 Å². The first-order valence-corrected chi connectivity index (χ1v) is 6.51. The van der Waals surface area contributed by atoms with Gasteiger partial charge in [0, 0.05) is 18.0 Å². The van der Waals surface area contributed by atoms with Gasteiger partial charge in [-0.05, 0) is 48.1 Å². The average Bonchev–Trinajstić information content (AvgIpc) is 3.00. The lowest BCUT2D eigenvalue weighted by molar-refractivity contribution is -0.110. The molecule has 2 aromatic rings. The lowest BCUT2D eigenvalue weighted by Gasteiger charge is -1.98. The van der Waals surface area contributed by atoms with Crippen LogP contribution < -0.4 is 0 Å². The Morgan fingerprint density at radius 1 is 1.05 bits per heavy atom. The van der Waals surface area contributed by atoms with Gasteiger partial charge in [0.1, 0.15) is 5.76 Å². The molecule has 112 valence electrons. The van der Waals surface area contributed by atoms with Gasteiger partial charge in [0.05, 0.1) is 0 Å². The van der Waals surface area contributed by atoms with E-state index in [0.717, 1.165) is 11.8 Å². The summed E-state index contributed by atoms with van der Waals surface area (Å²) in [6.07, 6.45) is 8.60. The van der Waals surface area contributed by atoms with Crippen molar-refractivity contribution in [3.63, 3.8) is 0 Å². The van der Waals surface area contributed by atoms with E-state index in [0.29, 0.717) is 5.56 Å². The molecule has 5 heteroatoms. The number of hydrogen-bond donors (Lipinski definition) is 4. The number of aromatic amines is 1. The fourth-order valence-electron chi connectivity index (χ4n) is 1.69. The number of carbonyl (C=O) groups is 1. The van der Waals surface area contributed by atoms with Crippen LogP contribution in [0.3, 0.4) is 0 Å². The number of H-pyrrole nitrogens is 1. The lowest BCUT2D eigenvalue weighted by atomic mass is 10.1. The third-order valence-corrected chi connectivity index (χ3v) is 2.79. The molecule has 1 aromatic heterocycles. The van der Waals surface area contributed by atoms with Crippen molar-refractivity contribution >= 4 is 17.9 Å². The smallest absolute Gasteiger partial charge is 0.182 e. The lowest BCUT2D eigenvalue weighted by Crippen LogP contribution is -1.88. The van der Waals surface area contributed by atoms with E-state index in [2.05, 4.69) is 4.98 Å². The minimum absolute atomic E-state index is 0.214. The Labute approximate surface area is 127 Å². The monoisotopic (exact) mass is 297 g/mol. The van der Waals surface area contributed by atoms with Gasteiger partial charge in [-0.1, -0.05) is 12.1 Å². The highest BCUT2D eigenvalue weighted by molar-refractivity contribution is 6.02. The van der Waals surface area contributed by atoms with Crippen molar-refractivity contribution in [2.45, 2.75) is 0 Å². The summed E-state index contributed by atoms with van der Waals surface area (Å²) >= 11 is 0. The predicted molar refractivity (Wildman–Crippen MR) is 84.4 cm³/mol. The fourth-order valence-corrected chi connectivity index (χ4v) is 1.69. The molecule has 0 aliphatic rings. The summed E-state index contributed by atoms with van der Waals surface area (Å²) < 4.78 is 0. The van der Waals surface area contributed by atoms with Crippen molar-refractivity contribution < 1.29 is 20.1 Å². The average molecular weight is 297 g/mol. The number of aliphatic hydroxyl groups is 1. The maximum Gasteiger partial charge on any atom is 0.182 e. The zero-order valence-electron chi connectivity index (χ0n) is 11.6. The van der Waals surface area contributed by atoms with Crippen LogP contribution in [-0.4, -0.2) is 26.1 Å². The van der Waals surface area contributed by atoms with Gasteiger partial charge in [0.2, 0.25) is 0 Å². The molecule has 0 amide bonds. The highest BCUT2D eigenvalue weighted by Gasteiger charge is 1.98. The van der Waals surface area contributed by atoms with E-state index < -0.39 is 0 Å². The van der Waals surface area contributed by atoms with Gasteiger partial charge in [-0.15, -0.1) is 0 Å². The third-order valence-electron chi connectivity index (χ3n) is 2.79. The molecule has 22 heavy (non-hydrogen) atoms. The van der Waals surface area contributed by atoms with Gasteiger partial charge in [-0.3, -0.25) is 4.79 Å². The van der Waals surface area contributed by atoms with Crippen molar-refractivity contribution in [1.82, 2.24) is 4.98 Å². The maximum atomic E-state index is 11.6. The van der Waals surface area contributed by atoms with Crippen molar-refractivity contribution in [3.05, 3.63) is 71.8 Å². The van der Waals surface area contributed by atoms with Crippen LogP contribution in [0.1, 0.15) is 11.3 Å². The molecule has 0 unspecified atom stereocenters. The predicted octanol–water partition coefficient (Wildman–Crippen LogP) is 3.16. The first-order chi connectivity index (χ1) is 10.5. The molecule has 0 spiro atoms. The number of allylic oxidation sites excluding steroid dienone is 3. The van der Waals surface area contributed by atoms with E-state index in [-0.39, 0.29) is 23.0 Å². The highest BCUT2D eigenvalue weighted by Crippen LogP contribution is 2.25. The largest absolute Gasteiger partial charge is 0.508 e. The Morgan fingerprint density at radius 3 is 2.55 bits per heavy atom. The molecule has 5 nitrogen and oxygen atoms in total. The molecule has 2 rings (SSSR count). The second kappa shape index (κ2) is 6.99. The van der Waals surface area contributed by atoms with E-state index in [9.17, 15) is 20.1 Å². The number of ketones is 1. The second-order valence-electron chi connectivity index (χ2n) is 4.51. The molecule has 1 aromatic carbocycles. The van der Waals surface area contributed by atoms with Crippen LogP contribution in [0.5, 0.6) is 11.5 Å². The van der Waals surface area contributed by atoms with Gasteiger partial charge < -0.3 is 20.3 Å². The van der Waals surface area contributed by atoms with E-state index in [4.69, 9.17) is 0 Å². The molecule has 0 atom stereocenters. The van der Waals surface area contributed by atoms with Crippen LogP contribution in [0.2, 0.25) is 0 Å². The molecular formula is C17H15NO4. The standard InChI is InChI=1S/C17H15NO4/c19-14(6-3-12-4-8-16(21)17(22)10-12)11-15(20)7-5-13-2-1-9-18-13/h1-11,18-19,21-22H/b6-3+,7-5+,14-11-. The zero-order chi connectivity index (χ0) is 15.9. The Kier molecular flexibility index (Phi) is 4.82. The Bertz CT molecular complexity index is 740. The summed E-state index contributed by atoms with van der Waals surface area (Å²) in [5, 5.41) is 28.2. The number of rotatable bonds is 5. The van der Waals surface area contributed by atoms with Crippen LogP contribution in [-0.2, 0) is 4.79 Å². The summed E-state index contributed by atoms with van der Waals surface area (Å²) in [7, 11) is 0. The first kappa shape index (κ1) is 15.2. The number of aromatic hydroxyl groups is 2. The van der Waals surface area contributed by atoms with Crippen LogP contribution >= 0.6 is 0 Å². The number of nitrogens with one attached hydrogen (secondary N) is 1. The molecule has 0 fully saturated rings. The molecule has 0 aliphatic heterocycles. The second-order valence-corrected chi connectivity index (χ2v) is 4.51. The SMILES string of the molecule is O=C(/C=C(O)/C=C/c1ccc(O)c(O)c1)/C=C/c1ccc[nH]1. The van der Waals surface area contributed by atoms with E-state index >= 15 is 0 Å². The third kappa shape index (κ3) is 4.42. The van der Waals surface area contributed by atoms with Crippen LogP contribution in [0, 0.1) is 0 Å². The van der Waals surface area contributed by atoms with Gasteiger partial charge in [0.25, 0.3) is 0 Å². The summed E-state index contributed by atoms with van der Waals surface area (Å²) in [5.74, 6) is -1.05. The van der Waals surface area contributed by atoms with Gasteiger partial charge in [0.15, 0.2) is 17.3 Å². The minimum Gasteiger partial charge on any atom is -0.508 e. The number of phenolic OH excluding ortho intramolecular Hbond substituents is 2. The Morgan fingerprint density at radius 2 is 1.86 bits per heavy atom. The number of aliphatic hydroxyl groups excluding tert-OH is 1. The fraction of sp³-hybridized carbons (Fsp3) is 0. The van der Waals surface area contributed by atoms with Gasteiger partial charge >= 0.3 is 0 Å². The molecular weight excluding hydrogens is 282 g/mol. The molecule has 4 N–H and O–H groups in total. The molecule has 1 heterocycles. The molecule has 0 aliphatic carbocycles. The van der Waals surface area contributed by atoms with Crippen molar-refractivity contribution in [2.75, 3.05) is 0 Å². The number of benzene rings is 1. The summed E-state index contributed by atoms with van der Waals surface area (Å²) in [6, 6.07) is 7.86. The van der Waals surface area contributed by atoms with Gasteiger partial charge in [-0.25, -0.2) is 0 Å². The highest BCUT2D eigenvalue weighted by atomic mass is 16.3. The van der Waals surface area contributed by atoms with Crippen molar-refractivity contribution in [2.24, 2.45) is 0 Å². The number of phenols is 2. The number of aromatic nitrogens is 1. The zero-order valence-corrected chi connectivity index (χ0v) is 11.6. The molecule has 0 radical (unpaired) electrons. The number of carbonyl (C=O) groups excluding carboxylic acids is 1. The quantitative estimate of drug-likeness (QED) is 0.295. The molecule has 0 bridgehead atoms. The maximum absolute atomic E-state index is 11.6. The molecule has 0 saturated carbocycles. The Hall–Kier alpha value is -3.21. The summed E-state index contributed by atoms with van der Waals surface area (Å²) in [4.78, 5) is 14.5.